The zero-order valence-electron chi connectivity index (χ0n) is 14.1. The molecule has 134 valence electrons. The highest BCUT2D eigenvalue weighted by Gasteiger charge is 2.22. The van der Waals surface area contributed by atoms with Crippen LogP contribution < -0.4 is 11.3 Å². The molecule has 3 N–H and O–H groups in total. The Balaban J connectivity index is 2.41. The largest absolute Gasteiger partial charge is 0.465 e. The fraction of sp³-hybridized carbons (Fsp3) is 0.167. The van der Waals surface area contributed by atoms with E-state index in [0.29, 0.717) is 22.3 Å². The first kappa shape index (κ1) is 18.1. The van der Waals surface area contributed by atoms with E-state index in [2.05, 4.69) is 20.9 Å². The van der Waals surface area contributed by atoms with Gasteiger partial charge in [0.1, 0.15) is 5.56 Å². The van der Waals surface area contributed by atoms with Crippen LogP contribution in [0.5, 0.6) is 0 Å². The van der Waals surface area contributed by atoms with Crippen molar-refractivity contribution in [3.63, 3.8) is 0 Å². The van der Waals surface area contributed by atoms with E-state index >= 15 is 0 Å². The average Bonchev–Trinajstić information content (AvgIpc) is 2.61. The van der Waals surface area contributed by atoms with E-state index in [1.54, 1.807) is 37.3 Å². The number of ether oxygens (including phenoxy) is 1. The number of aliphatic hydroxyl groups is 1. The van der Waals surface area contributed by atoms with E-state index in [0.717, 1.165) is 4.47 Å². The van der Waals surface area contributed by atoms with Crippen molar-refractivity contribution in [2.75, 3.05) is 12.8 Å². The quantitative estimate of drug-likeness (QED) is 0.634. The van der Waals surface area contributed by atoms with Crippen LogP contribution in [0.25, 0.3) is 16.6 Å². The standard InChI is InChI=1S/C18H16BrN3O4/c1-9(23)13-6-4-11(8-21-13)22-14-7-10(19)3-5-12(14)16(20)15(17(22)24)18(25)26-2/h3-9,23H,20H2,1-2H3. The minimum atomic E-state index is -0.806. The normalized spacial score (nSPS) is 12.2. The molecule has 0 amide bonds. The Morgan fingerprint density at radius 3 is 2.65 bits per heavy atom. The summed E-state index contributed by atoms with van der Waals surface area (Å²) in [7, 11) is 1.19. The molecule has 3 aromatic rings. The van der Waals surface area contributed by atoms with Crippen molar-refractivity contribution in [1.82, 2.24) is 9.55 Å². The first-order valence-electron chi connectivity index (χ1n) is 7.71. The van der Waals surface area contributed by atoms with Gasteiger partial charge in [-0.2, -0.15) is 0 Å². The van der Waals surface area contributed by atoms with Gasteiger partial charge in [-0.05, 0) is 37.3 Å². The average molecular weight is 418 g/mol. The lowest BCUT2D eigenvalue weighted by Gasteiger charge is -2.15. The van der Waals surface area contributed by atoms with Crippen molar-refractivity contribution in [1.29, 1.82) is 0 Å². The molecule has 0 spiro atoms. The van der Waals surface area contributed by atoms with Gasteiger partial charge in [-0.15, -0.1) is 0 Å². The molecule has 0 bridgehead atoms. The van der Waals surface area contributed by atoms with Gasteiger partial charge in [0.05, 0.1) is 42.0 Å². The van der Waals surface area contributed by atoms with Crippen molar-refractivity contribution in [2.24, 2.45) is 0 Å². The second kappa shape index (κ2) is 6.89. The molecule has 26 heavy (non-hydrogen) atoms. The van der Waals surface area contributed by atoms with Crippen molar-refractivity contribution >= 4 is 38.5 Å². The number of nitrogens with zero attached hydrogens (tertiary/aromatic N) is 2. The number of methoxy groups -OCH3 is 1. The summed E-state index contributed by atoms with van der Waals surface area (Å²) < 4.78 is 6.82. The summed E-state index contributed by atoms with van der Waals surface area (Å²) in [5, 5.41) is 10.2. The molecule has 1 unspecified atom stereocenters. The number of nitrogen functional groups attached to an aromatic ring is 1. The van der Waals surface area contributed by atoms with Crippen LogP contribution in [0.1, 0.15) is 29.1 Å². The first-order valence-corrected chi connectivity index (χ1v) is 8.51. The zero-order chi connectivity index (χ0) is 19.0. The molecule has 0 radical (unpaired) electrons. The third-order valence-electron chi connectivity index (χ3n) is 4.02. The summed E-state index contributed by atoms with van der Waals surface area (Å²) in [5.41, 5.74) is 6.72. The van der Waals surface area contributed by atoms with Crippen LogP contribution in [0.4, 0.5) is 5.69 Å². The van der Waals surface area contributed by atoms with Crippen molar-refractivity contribution in [2.45, 2.75) is 13.0 Å². The molecule has 1 aromatic carbocycles. The third-order valence-corrected chi connectivity index (χ3v) is 4.52. The highest BCUT2D eigenvalue weighted by atomic mass is 79.9. The van der Waals surface area contributed by atoms with Gasteiger partial charge < -0.3 is 15.6 Å². The smallest absolute Gasteiger partial charge is 0.345 e. The number of fused-ring (bicyclic) bond motifs is 1. The Labute approximate surface area is 157 Å². The van der Waals surface area contributed by atoms with Gasteiger partial charge >= 0.3 is 5.97 Å². The SMILES string of the molecule is COC(=O)c1c(N)c2ccc(Br)cc2n(-c2ccc(C(C)O)nc2)c1=O. The third kappa shape index (κ3) is 2.97. The number of nitrogens with two attached hydrogens (primary N) is 1. The lowest BCUT2D eigenvalue weighted by atomic mass is 10.1. The van der Waals surface area contributed by atoms with Gasteiger partial charge in [-0.3, -0.25) is 14.3 Å². The number of benzene rings is 1. The number of hydrogen-bond acceptors (Lipinski definition) is 6. The molecule has 2 heterocycles. The molecular weight excluding hydrogens is 402 g/mol. The molecule has 0 fully saturated rings. The molecule has 0 saturated heterocycles. The maximum absolute atomic E-state index is 13.0. The fourth-order valence-corrected chi connectivity index (χ4v) is 3.07. The summed E-state index contributed by atoms with van der Waals surface area (Å²) in [6.45, 7) is 1.60. The molecule has 0 saturated carbocycles. The molecule has 0 aliphatic rings. The van der Waals surface area contributed by atoms with Crippen molar-refractivity contribution in [3.8, 4) is 5.69 Å². The molecule has 3 rings (SSSR count). The molecule has 0 aliphatic carbocycles. The number of hydrogen-bond donors (Lipinski definition) is 2. The summed E-state index contributed by atoms with van der Waals surface area (Å²) in [5.74, 6) is -0.806. The Morgan fingerprint density at radius 2 is 2.08 bits per heavy atom. The topological polar surface area (TPSA) is 107 Å². The molecule has 1 atom stereocenters. The molecule has 8 heteroatoms. The Hall–Kier alpha value is -2.71. The Morgan fingerprint density at radius 1 is 1.35 bits per heavy atom. The van der Waals surface area contributed by atoms with Crippen LogP contribution in [-0.4, -0.2) is 27.7 Å². The van der Waals surface area contributed by atoms with Gasteiger partial charge in [0.25, 0.3) is 5.56 Å². The molecule has 0 aliphatic heterocycles. The fourth-order valence-electron chi connectivity index (χ4n) is 2.72. The van der Waals surface area contributed by atoms with Gasteiger partial charge in [-0.1, -0.05) is 15.9 Å². The zero-order valence-corrected chi connectivity index (χ0v) is 15.6. The maximum Gasteiger partial charge on any atom is 0.345 e. The Kier molecular flexibility index (Phi) is 4.80. The summed E-state index contributed by atoms with van der Waals surface area (Å²) in [6, 6.07) is 8.48. The summed E-state index contributed by atoms with van der Waals surface area (Å²) in [6.07, 6.45) is 0.727. The number of pyridine rings is 2. The van der Waals surface area contributed by atoms with Crippen LogP contribution in [0, 0.1) is 0 Å². The van der Waals surface area contributed by atoms with Gasteiger partial charge in [0.15, 0.2) is 0 Å². The predicted molar refractivity (Wildman–Crippen MR) is 101 cm³/mol. The monoisotopic (exact) mass is 417 g/mol. The van der Waals surface area contributed by atoms with Crippen LogP contribution in [-0.2, 0) is 4.74 Å². The van der Waals surface area contributed by atoms with E-state index in [-0.39, 0.29) is 11.3 Å². The van der Waals surface area contributed by atoms with Gasteiger partial charge in [-0.25, -0.2) is 4.79 Å². The number of aliphatic hydroxyl groups excluding tert-OH is 1. The summed E-state index contributed by atoms with van der Waals surface area (Å²) >= 11 is 3.38. The number of rotatable bonds is 3. The second-order valence-electron chi connectivity index (χ2n) is 5.70. The first-order chi connectivity index (χ1) is 12.3. The number of carbonyl (C=O) groups excluding carboxylic acids is 1. The van der Waals surface area contributed by atoms with Crippen LogP contribution >= 0.6 is 15.9 Å². The number of anilines is 1. The van der Waals surface area contributed by atoms with Crippen molar-refractivity contribution < 1.29 is 14.6 Å². The number of carbonyl (C=O) groups is 1. The van der Waals surface area contributed by atoms with Crippen LogP contribution in [0.2, 0.25) is 0 Å². The van der Waals surface area contributed by atoms with E-state index in [1.807, 2.05) is 0 Å². The minimum Gasteiger partial charge on any atom is -0.465 e. The summed E-state index contributed by atoms with van der Waals surface area (Å²) in [4.78, 5) is 29.3. The van der Waals surface area contributed by atoms with Gasteiger partial charge in [0.2, 0.25) is 0 Å². The van der Waals surface area contributed by atoms with Crippen LogP contribution in [0.3, 0.4) is 0 Å². The Bertz CT molecular complexity index is 1060. The number of esters is 1. The van der Waals surface area contributed by atoms with E-state index in [9.17, 15) is 14.7 Å². The second-order valence-corrected chi connectivity index (χ2v) is 6.62. The highest BCUT2D eigenvalue weighted by Crippen LogP contribution is 2.28. The lowest BCUT2D eigenvalue weighted by Crippen LogP contribution is -2.28. The van der Waals surface area contributed by atoms with Crippen molar-refractivity contribution in [3.05, 3.63) is 62.6 Å². The van der Waals surface area contributed by atoms with Gasteiger partial charge in [0, 0.05) is 9.86 Å². The van der Waals surface area contributed by atoms with E-state index in [4.69, 9.17) is 10.5 Å². The minimum absolute atomic E-state index is 0.0640. The molecular formula is C18H16BrN3O4. The predicted octanol–water partition coefficient (Wildman–Crippen LogP) is 2.57. The van der Waals surface area contributed by atoms with E-state index < -0.39 is 17.6 Å². The highest BCUT2D eigenvalue weighted by molar-refractivity contribution is 9.10. The maximum atomic E-state index is 13.0. The lowest BCUT2D eigenvalue weighted by molar-refractivity contribution is 0.0600. The van der Waals surface area contributed by atoms with Crippen LogP contribution in [0.15, 0.2) is 45.8 Å². The number of aromatic nitrogens is 2. The van der Waals surface area contributed by atoms with E-state index in [1.165, 1.54) is 17.9 Å². The molecule has 7 nitrogen and oxygen atoms in total. The molecule has 2 aromatic heterocycles. The number of halogens is 1.